The minimum absolute atomic E-state index is 0.228. The van der Waals surface area contributed by atoms with Gasteiger partial charge in [-0.25, -0.2) is 9.45 Å². The van der Waals surface area contributed by atoms with Crippen molar-refractivity contribution in [2.75, 3.05) is 19.8 Å². The molecule has 0 unspecified atom stereocenters. The zero-order chi connectivity index (χ0) is 18.6. The summed E-state index contributed by atoms with van der Waals surface area (Å²) in [6, 6.07) is 0. The third kappa shape index (κ3) is 24.0. The second-order valence-electron chi connectivity index (χ2n) is 6.60. The van der Waals surface area contributed by atoms with E-state index in [4.69, 9.17) is 14.5 Å². The van der Waals surface area contributed by atoms with E-state index in [2.05, 4.69) is 16.5 Å². The normalized spacial score (nSPS) is 12.0. The number of phosphoric acid groups is 1. The number of hydrogen-bond donors (Lipinski definition) is 2. The Labute approximate surface area is 153 Å². The van der Waals surface area contributed by atoms with Crippen LogP contribution >= 0.6 is 7.82 Å². The topological polar surface area (TPSA) is 85.2 Å². The maximum atomic E-state index is 10.4. The van der Waals surface area contributed by atoms with Crippen LogP contribution in [0.2, 0.25) is 0 Å². The van der Waals surface area contributed by atoms with Gasteiger partial charge in [0.2, 0.25) is 0 Å². The van der Waals surface area contributed by atoms with Crippen molar-refractivity contribution in [2.24, 2.45) is 0 Å². The number of ether oxygens (including phenoxy) is 1. The van der Waals surface area contributed by atoms with Gasteiger partial charge in [0.1, 0.15) is 0 Å². The number of unbranched alkanes of at least 4 members (excludes halogenated alkanes) is 12. The van der Waals surface area contributed by atoms with Gasteiger partial charge in [0.25, 0.3) is 0 Å². The minimum atomic E-state index is -4.49. The first-order valence-electron chi connectivity index (χ1n) is 10.0. The first kappa shape index (κ1) is 25.0. The molecular formula is C18H39O6P. The number of rotatable bonds is 20. The summed E-state index contributed by atoms with van der Waals surface area (Å²) in [6.07, 6.45) is 16.8. The fraction of sp³-hybridized carbons (Fsp3) is 1.00. The summed E-state index contributed by atoms with van der Waals surface area (Å²) < 4.78 is 19.9. The Hall–Kier alpha value is 0.0300. The molecule has 152 valence electrons. The Morgan fingerprint density at radius 1 is 0.640 bits per heavy atom. The van der Waals surface area contributed by atoms with Gasteiger partial charge in [0.15, 0.2) is 0 Å². The van der Waals surface area contributed by atoms with Crippen molar-refractivity contribution in [3.05, 3.63) is 0 Å². The van der Waals surface area contributed by atoms with Crippen LogP contribution in [0.15, 0.2) is 0 Å². The highest BCUT2D eigenvalue weighted by Gasteiger charge is 2.14. The molecule has 25 heavy (non-hydrogen) atoms. The van der Waals surface area contributed by atoms with Gasteiger partial charge in [-0.2, -0.15) is 0 Å². The highest BCUT2D eigenvalue weighted by Crippen LogP contribution is 2.35. The van der Waals surface area contributed by atoms with Gasteiger partial charge in [0.05, 0.1) is 6.61 Å². The smallest absolute Gasteiger partial charge is 0.381 e. The molecule has 0 bridgehead atoms. The van der Waals surface area contributed by atoms with E-state index in [1.807, 2.05) is 0 Å². The van der Waals surface area contributed by atoms with Crippen molar-refractivity contribution in [1.82, 2.24) is 0 Å². The zero-order valence-corrected chi connectivity index (χ0v) is 16.9. The molecular weight excluding hydrogens is 343 g/mol. The second kappa shape index (κ2) is 18.8. The quantitative estimate of drug-likeness (QED) is 0.125. The van der Waals surface area contributed by atoms with Gasteiger partial charge < -0.3 is 14.5 Å². The summed E-state index contributed by atoms with van der Waals surface area (Å²) in [7, 11) is -4.49. The molecule has 0 aromatic heterocycles. The van der Waals surface area contributed by atoms with Gasteiger partial charge in [-0.05, 0) is 19.3 Å². The lowest BCUT2D eigenvalue weighted by molar-refractivity contribution is -0.222. The van der Waals surface area contributed by atoms with E-state index in [0.717, 1.165) is 32.5 Å². The summed E-state index contributed by atoms with van der Waals surface area (Å²) in [5.41, 5.74) is 0. The van der Waals surface area contributed by atoms with Crippen LogP contribution in [0.4, 0.5) is 0 Å². The van der Waals surface area contributed by atoms with Crippen LogP contribution in [-0.2, 0) is 18.9 Å². The van der Waals surface area contributed by atoms with Crippen LogP contribution in [0, 0.1) is 0 Å². The highest BCUT2D eigenvalue weighted by atomic mass is 31.2. The third-order valence-corrected chi connectivity index (χ3v) is 4.36. The monoisotopic (exact) mass is 382 g/mol. The van der Waals surface area contributed by atoms with Crippen molar-refractivity contribution >= 4 is 7.82 Å². The first-order chi connectivity index (χ1) is 12.1. The molecule has 0 rings (SSSR count). The maximum absolute atomic E-state index is 10.4. The molecule has 2 N–H and O–H groups in total. The molecule has 0 spiro atoms. The average Bonchev–Trinajstić information content (AvgIpc) is 2.56. The highest BCUT2D eigenvalue weighted by molar-refractivity contribution is 7.46. The summed E-state index contributed by atoms with van der Waals surface area (Å²) in [5.74, 6) is 0. The van der Waals surface area contributed by atoms with E-state index in [1.165, 1.54) is 70.6 Å². The van der Waals surface area contributed by atoms with Crippen LogP contribution < -0.4 is 0 Å². The summed E-state index contributed by atoms with van der Waals surface area (Å²) in [6.45, 7) is 4.30. The largest absolute Gasteiger partial charge is 0.496 e. The van der Waals surface area contributed by atoms with Gasteiger partial charge in [-0.1, -0.05) is 77.6 Å². The SMILES string of the molecule is CCCCCCOCCCCCCCCCCCCOOP(=O)(O)O. The van der Waals surface area contributed by atoms with E-state index >= 15 is 0 Å². The zero-order valence-electron chi connectivity index (χ0n) is 16.0. The molecule has 0 atom stereocenters. The molecule has 0 heterocycles. The molecule has 0 aromatic rings. The summed E-state index contributed by atoms with van der Waals surface area (Å²) in [5, 5.41) is 0. The van der Waals surface area contributed by atoms with E-state index in [0.29, 0.717) is 0 Å². The van der Waals surface area contributed by atoms with E-state index in [9.17, 15) is 4.57 Å². The average molecular weight is 382 g/mol. The van der Waals surface area contributed by atoms with Crippen LogP contribution in [-0.4, -0.2) is 29.6 Å². The molecule has 0 aliphatic heterocycles. The van der Waals surface area contributed by atoms with Gasteiger partial charge >= 0.3 is 7.82 Å². The van der Waals surface area contributed by atoms with Gasteiger partial charge in [-0.15, -0.1) is 4.67 Å². The fourth-order valence-electron chi connectivity index (χ4n) is 2.62. The van der Waals surface area contributed by atoms with Crippen molar-refractivity contribution in [2.45, 2.75) is 96.8 Å². The Bertz CT molecular complexity index is 308. The molecule has 0 aromatic carbocycles. The number of hydrogen-bond acceptors (Lipinski definition) is 4. The Morgan fingerprint density at radius 3 is 1.48 bits per heavy atom. The van der Waals surface area contributed by atoms with Crippen LogP contribution in [0.3, 0.4) is 0 Å². The van der Waals surface area contributed by atoms with Crippen molar-refractivity contribution in [3.8, 4) is 0 Å². The molecule has 0 amide bonds. The molecule has 0 aliphatic carbocycles. The van der Waals surface area contributed by atoms with Crippen LogP contribution in [0.1, 0.15) is 96.8 Å². The molecule has 0 saturated heterocycles. The van der Waals surface area contributed by atoms with Crippen molar-refractivity contribution < 1.29 is 28.7 Å². The lowest BCUT2D eigenvalue weighted by atomic mass is 10.1. The first-order valence-corrected chi connectivity index (χ1v) is 11.5. The molecule has 6 nitrogen and oxygen atoms in total. The molecule has 0 radical (unpaired) electrons. The van der Waals surface area contributed by atoms with Gasteiger partial charge in [-0.3, -0.25) is 0 Å². The van der Waals surface area contributed by atoms with Gasteiger partial charge in [0, 0.05) is 13.2 Å². The Balaban J connectivity index is 3.02. The van der Waals surface area contributed by atoms with Crippen molar-refractivity contribution in [1.29, 1.82) is 0 Å². The lowest BCUT2D eigenvalue weighted by Crippen LogP contribution is -1.97. The van der Waals surface area contributed by atoms with Crippen LogP contribution in [0.25, 0.3) is 0 Å². The molecule has 0 saturated carbocycles. The van der Waals surface area contributed by atoms with E-state index < -0.39 is 7.82 Å². The maximum Gasteiger partial charge on any atom is 0.496 e. The van der Waals surface area contributed by atoms with E-state index in [-0.39, 0.29) is 6.61 Å². The predicted octanol–water partition coefficient (Wildman–Crippen LogP) is 5.53. The summed E-state index contributed by atoms with van der Waals surface area (Å²) in [4.78, 5) is 21.3. The molecule has 7 heteroatoms. The Morgan fingerprint density at radius 2 is 1.04 bits per heavy atom. The van der Waals surface area contributed by atoms with Crippen LogP contribution in [0.5, 0.6) is 0 Å². The summed E-state index contributed by atoms with van der Waals surface area (Å²) >= 11 is 0. The van der Waals surface area contributed by atoms with Crippen molar-refractivity contribution in [3.63, 3.8) is 0 Å². The second-order valence-corrected chi connectivity index (χ2v) is 7.73. The molecule has 0 fully saturated rings. The Kier molecular flexibility index (Phi) is 18.8. The lowest BCUT2D eigenvalue weighted by Gasteiger charge is -2.05. The molecule has 0 aliphatic rings. The third-order valence-electron chi connectivity index (χ3n) is 4.06. The predicted molar refractivity (Wildman–Crippen MR) is 100 cm³/mol. The fourth-order valence-corrected chi connectivity index (χ4v) is 2.83. The standard InChI is InChI=1S/C18H39O6P/c1-2-3-4-13-16-22-17-14-11-9-7-5-6-8-10-12-15-18-23-24-25(19,20)21/h2-18H2,1H3,(H2,19,20,21). The van der Waals surface area contributed by atoms with E-state index in [1.54, 1.807) is 0 Å². The minimum Gasteiger partial charge on any atom is -0.381 e.